The highest BCUT2D eigenvalue weighted by Gasteiger charge is 2.35. The quantitative estimate of drug-likeness (QED) is 0.481. The van der Waals surface area contributed by atoms with Gasteiger partial charge in [0.05, 0.1) is 0 Å². The summed E-state index contributed by atoms with van der Waals surface area (Å²) in [7, 11) is 0. The maximum absolute atomic E-state index is 7.70. The molecular formula is C24H24O. The van der Waals surface area contributed by atoms with Gasteiger partial charge in [-0.3, -0.25) is 0 Å². The summed E-state index contributed by atoms with van der Waals surface area (Å²) in [6.07, 6.45) is 0. The summed E-state index contributed by atoms with van der Waals surface area (Å²) in [4.78, 5) is 0. The van der Waals surface area contributed by atoms with Crippen LogP contribution in [0.5, 0.6) is 11.5 Å². The summed E-state index contributed by atoms with van der Waals surface area (Å²) in [5.74, 6) is 1.74. The van der Waals surface area contributed by atoms with Crippen LogP contribution in [0.4, 0.5) is 0 Å². The van der Waals surface area contributed by atoms with Gasteiger partial charge in [-0.2, -0.15) is 0 Å². The van der Waals surface area contributed by atoms with E-state index in [1.165, 1.54) is 5.56 Å². The van der Waals surface area contributed by atoms with Crippen molar-refractivity contribution in [2.75, 3.05) is 0 Å². The largest absolute Gasteiger partial charge is 0.456 e. The Morgan fingerprint density at radius 3 is 2.48 bits per heavy atom. The van der Waals surface area contributed by atoms with Gasteiger partial charge in [-0.25, -0.2) is 0 Å². The van der Waals surface area contributed by atoms with E-state index >= 15 is 0 Å². The highest BCUT2D eigenvalue weighted by molar-refractivity contribution is 5.76. The molecule has 1 nitrogen and oxygen atoms in total. The minimum absolute atomic E-state index is 0.180. The van der Waals surface area contributed by atoms with Crippen molar-refractivity contribution >= 4 is 0 Å². The smallest absolute Gasteiger partial charge is 0.139 e. The van der Waals surface area contributed by atoms with Gasteiger partial charge in [0.15, 0.2) is 0 Å². The molecule has 0 saturated heterocycles. The summed E-state index contributed by atoms with van der Waals surface area (Å²) in [5, 5.41) is 0. The highest BCUT2D eigenvalue weighted by atomic mass is 16.5. The van der Waals surface area contributed by atoms with Gasteiger partial charge in [0, 0.05) is 26.2 Å². The maximum Gasteiger partial charge on any atom is 0.139 e. The van der Waals surface area contributed by atoms with Gasteiger partial charge >= 0.3 is 0 Å². The first-order chi connectivity index (χ1) is 13.1. The molecule has 0 unspecified atom stereocenters. The van der Waals surface area contributed by atoms with Crippen LogP contribution in [0.3, 0.4) is 0 Å². The Morgan fingerprint density at radius 1 is 0.880 bits per heavy atom. The molecule has 0 aromatic heterocycles. The minimum atomic E-state index is -2.10. The van der Waals surface area contributed by atoms with Crippen LogP contribution in [0.15, 0.2) is 54.6 Å². The molecule has 0 spiro atoms. The third-order valence-corrected chi connectivity index (χ3v) is 5.25. The molecule has 0 N–H and O–H groups in total. The topological polar surface area (TPSA) is 9.23 Å². The van der Waals surface area contributed by atoms with E-state index in [0.717, 1.165) is 39.3 Å². The Bertz CT molecular complexity index is 1080. The van der Waals surface area contributed by atoms with Crippen LogP contribution in [-0.2, 0) is 5.41 Å². The fourth-order valence-corrected chi connectivity index (χ4v) is 3.68. The van der Waals surface area contributed by atoms with Gasteiger partial charge in [-0.1, -0.05) is 62.4 Å². The normalized spacial score (nSPS) is 16.7. The van der Waals surface area contributed by atoms with E-state index in [4.69, 9.17) is 8.85 Å². The van der Waals surface area contributed by atoms with E-state index in [-0.39, 0.29) is 5.41 Å². The molecule has 3 aromatic rings. The third kappa shape index (κ3) is 2.46. The van der Waals surface area contributed by atoms with Crippen LogP contribution in [0.1, 0.15) is 45.8 Å². The molecule has 4 rings (SSSR count). The summed E-state index contributed by atoms with van der Waals surface area (Å²) in [6.45, 7) is 6.25. The van der Waals surface area contributed by atoms with Gasteiger partial charge in [-0.05, 0) is 49.0 Å². The number of rotatable bonds is 1. The molecule has 0 saturated carbocycles. The van der Waals surface area contributed by atoms with Crippen LogP contribution in [0.25, 0.3) is 11.1 Å². The van der Waals surface area contributed by atoms with E-state index in [9.17, 15) is 0 Å². The average Bonchev–Trinajstić information content (AvgIpc) is 2.60. The first-order valence-electron chi connectivity index (χ1n) is 10.1. The van der Waals surface area contributed by atoms with Crippen LogP contribution in [0.2, 0.25) is 0 Å². The lowest BCUT2D eigenvalue weighted by Gasteiger charge is -2.35. The van der Waals surface area contributed by atoms with Gasteiger partial charge in [0.1, 0.15) is 11.5 Å². The minimum Gasteiger partial charge on any atom is -0.456 e. The number of benzene rings is 3. The Labute approximate surface area is 154 Å². The Hall–Kier alpha value is -2.54. The molecule has 1 aliphatic heterocycles. The lowest BCUT2D eigenvalue weighted by Crippen LogP contribution is -2.24. The van der Waals surface area contributed by atoms with Crippen LogP contribution >= 0.6 is 0 Å². The van der Waals surface area contributed by atoms with Gasteiger partial charge < -0.3 is 4.74 Å². The zero-order valence-electron chi connectivity index (χ0n) is 18.1. The standard InChI is InChI=1S/C24H24O/c1-15-9-12-20-22(13-15)25-23-19(7-6-8-21(23)24(20,4)5)18-11-10-16(2)17(3)14-18/h6-14H,1-5H3/i2D3. The zero-order valence-corrected chi connectivity index (χ0v) is 15.1. The zero-order chi connectivity index (χ0) is 20.3. The molecule has 0 bridgehead atoms. The van der Waals surface area contributed by atoms with Crippen molar-refractivity contribution in [2.24, 2.45) is 0 Å². The predicted molar refractivity (Wildman–Crippen MR) is 105 cm³/mol. The fourth-order valence-electron chi connectivity index (χ4n) is 3.68. The second-order valence-electron chi connectivity index (χ2n) is 7.44. The molecule has 0 fully saturated rings. The average molecular weight is 331 g/mol. The number of aryl methyl sites for hydroxylation is 3. The van der Waals surface area contributed by atoms with E-state index in [1.807, 2.05) is 31.2 Å². The van der Waals surface area contributed by atoms with E-state index in [0.29, 0.717) is 5.56 Å². The summed E-state index contributed by atoms with van der Waals surface area (Å²) in [6, 6.07) is 18.1. The van der Waals surface area contributed by atoms with E-state index in [1.54, 1.807) is 6.07 Å². The Balaban J connectivity index is 1.89. The summed E-state index contributed by atoms with van der Waals surface area (Å²) >= 11 is 0. The fraction of sp³-hybridized carbons (Fsp3) is 0.250. The van der Waals surface area contributed by atoms with Crippen LogP contribution < -0.4 is 4.74 Å². The molecule has 1 aliphatic rings. The molecule has 126 valence electrons. The van der Waals surface area contributed by atoms with E-state index in [2.05, 4.69) is 45.0 Å². The molecular weight excluding hydrogens is 304 g/mol. The highest BCUT2D eigenvalue weighted by Crippen LogP contribution is 2.51. The maximum atomic E-state index is 7.70. The van der Waals surface area contributed by atoms with Crippen molar-refractivity contribution in [3.05, 3.63) is 82.4 Å². The van der Waals surface area contributed by atoms with Crippen molar-refractivity contribution in [1.29, 1.82) is 0 Å². The molecule has 1 heterocycles. The van der Waals surface area contributed by atoms with Gasteiger partial charge in [-0.15, -0.1) is 0 Å². The van der Waals surface area contributed by atoms with E-state index < -0.39 is 6.85 Å². The Kier molecular flexibility index (Phi) is 2.80. The Morgan fingerprint density at radius 2 is 1.72 bits per heavy atom. The monoisotopic (exact) mass is 331 g/mol. The van der Waals surface area contributed by atoms with Crippen molar-refractivity contribution in [3.63, 3.8) is 0 Å². The number of para-hydroxylation sites is 1. The SMILES string of the molecule is [2H]C([2H])([2H])c1ccc(-c2cccc3c2Oc2cc(C)ccc2C3(C)C)cc1C. The van der Waals surface area contributed by atoms with Gasteiger partial charge in [0.2, 0.25) is 0 Å². The molecule has 1 heteroatoms. The van der Waals surface area contributed by atoms with Crippen molar-refractivity contribution < 1.29 is 8.85 Å². The lowest BCUT2D eigenvalue weighted by molar-refractivity contribution is 0.419. The summed E-state index contributed by atoms with van der Waals surface area (Å²) in [5.41, 5.74) is 6.40. The number of hydrogen-bond donors (Lipinski definition) is 0. The summed E-state index contributed by atoms with van der Waals surface area (Å²) < 4.78 is 29.5. The molecule has 0 aliphatic carbocycles. The first kappa shape index (κ1) is 12.8. The first-order valence-corrected chi connectivity index (χ1v) is 8.63. The van der Waals surface area contributed by atoms with Crippen molar-refractivity contribution in [2.45, 2.75) is 40.0 Å². The number of fused-ring (bicyclic) bond motifs is 2. The van der Waals surface area contributed by atoms with Crippen molar-refractivity contribution in [1.82, 2.24) is 0 Å². The molecule has 0 radical (unpaired) electrons. The molecule has 25 heavy (non-hydrogen) atoms. The molecule has 0 amide bonds. The molecule has 0 atom stereocenters. The number of hydrogen-bond acceptors (Lipinski definition) is 1. The van der Waals surface area contributed by atoms with Gasteiger partial charge in [0.25, 0.3) is 0 Å². The van der Waals surface area contributed by atoms with Crippen LogP contribution in [0, 0.1) is 20.7 Å². The molecule has 3 aromatic carbocycles. The predicted octanol–water partition coefficient (Wildman–Crippen LogP) is 6.71. The number of ether oxygens (including phenoxy) is 1. The second-order valence-corrected chi connectivity index (χ2v) is 7.44. The van der Waals surface area contributed by atoms with Crippen LogP contribution in [-0.4, -0.2) is 0 Å². The lowest BCUT2D eigenvalue weighted by atomic mass is 9.74. The third-order valence-electron chi connectivity index (χ3n) is 5.25. The second kappa shape index (κ2) is 5.49. The van der Waals surface area contributed by atoms with Crippen molar-refractivity contribution in [3.8, 4) is 22.6 Å².